The standard InChI is InChI=1S/C42H42O11/c1-25-5-13-29(14-6-25)39(43)47-23-35-33(51-41(45)31-17-9-27(3)10-18-31)21-37(49-35)53-38-22-34(52-42(46)32-19-11-28(4)12-20-32)36(50-38)24-48-40(44)30-15-7-26(2)8-16-30/h5-20,33-38H,21-24H2,1-4H3/t33-,34+,35-,36+,37+,38-. The van der Waals surface area contributed by atoms with Crippen molar-refractivity contribution in [3.05, 3.63) is 142 Å². The van der Waals surface area contributed by atoms with E-state index in [0.29, 0.717) is 22.3 Å². The van der Waals surface area contributed by atoms with Crippen LogP contribution in [0.2, 0.25) is 0 Å². The Kier molecular flexibility index (Phi) is 12.0. The summed E-state index contributed by atoms with van der Waals surface area (Å²) in [6, 6.07) is 27.8. The zero-order valence-electron chi connectivity index (χ0n) is 30.0. The molecule has 0 N–H and O–H groups in total. The van der Waals surface area contributed by atoms with Crippen LogP contribution in [0, 0.1) is 27.7 Å². The van der Waals surface area contributed by atoms with Gasteiger partial charge in [-0.15, -0.1) is 0 Å². The molecule has 0 aromatic heterocycles. The lowest BCUT2D eigenvalue weighted by Crippen LogP contribution is -2.32. The highest BCUT2D eigenvalue weighted by Crippen LogP contribution is 2.32. The lowest BCUT2D eigenvalue weighted by molar-refractivity contribution is -0.237. The first-order valence-corrected chi connectivity index (χ1v) is 17.5. The van der Waals surface area contributed by atoms with Crippen LogP contribution in [0.25, 0.3) is 0 Å². The third-order valence-electron chi connectivity index (χ3n) is 9.06. The first-order chi connectivity index (χ1) is 25.5. The van der Waals surface area contributed by atoms with Gasteiger partial charge in [0, 0.05) is 12.8 Å². The number of ether oxygens (including phenoxy) is 7. The van der Waals surface area contributed by atoms with Crippen molar-refractivity contribution >= 4 is 23.9 Å². The molecule has 6 rings (SSSR count). The fraction of sp³-hybridized carbons (Fsp3) is 0.333. The van der Waals surface area contributed by atoms with Crippen LogP contribution in [0.3, 0.4) is 0 Å². The molecule has 2 aliphatic rings. The normalized spacial score (nSPS) is 22.2. The number of aryl methyl sites for hydroxylation is 4. The van der Waals surface area contributed by atoms with E-state index in [2.05, 4.69) is 0 Å². The largest absolute Gasteiger partial charge is 0.459 e. The van der Waals surface area contributed by atoms with E-state index in [9.17, 15) is 19.2 Å². The quantitative estimate of drug-likeness (QED) is 0.115. The van der Waals surface area contributed by atoms with Gasteiger partial charge in [-0.25, -0.2) is 19.2 Å². The summed E-state index contributed by atoms with van der Waals surface area (Å²) in [5, 5.41) is 0. The summed E-state index contributed by atoms with van der Waals surface area (Å²) in [7, 11) is 0. The van der Waals surface area contributed by atoms with Gasteiger partial charge >= 0.3 is 23.9 Å². The molecule has 6 atom stereocenters. The molecule has 0 saturated carbocycles. The van der Waals surface area contributed by atoms with Crippen LogP contribution >= 0.6 is 0 Å². The topological polar surface area (TPSA) is 133 Å². The van der Waals surface area contributed by atoms with E-state index in [-0.39, 0.29) is 26.1 Å². The average Bonchev–Trinajstić information content (AvgIpc) is 3.72. The number of hydrogen-bond donors (Lipinski definition) is 0. The predicted molar refractivity (Wildman–Crippen MR) is 191 cm³/mol. The van der Waals surface area contributed by atoms with E-state index >= 15 is 0 Å². The predicted octanol–water partition coefficient (Wildman–Crippen LogP) is 6.63. The second-order valence-corrected chi connectivity index (χ2v) is 13.4. The summed E-state index contributed by atoms with van der Waals surface area (Å²) in [6.45, 7) is 7.24. The van der Waals surface area contributed by atoms with Gasteiger partial charge in [-0.3, -0.25) is 0 Å². The Bertz CT molecular complexity index is 1750. The molecule has 0 bridgehead atoms. The Hall–Kier alpha value is -5.36. The van der Waals surface area contributed by atoms with Crippen LogP contribution in [0.1, 0.15) is 76.5 Å². The van der Waals surface area contributed by atoms with Gasteiger partial charge in [0.25, 0.3) is 0 Å². The molecule has 2 heterocycles. The first kappa shape index (κ1) is 37.4. The van der Waals surface area contributed by atoms with Gasteiger partial charge in [-0.05, 0) is 76.2 Å². The van der Waals surface area contributed by atoms with E-state index in [0.717, 1.165) is 22.3 Å². The third kappa shape index (κ3) is 9.95. The molecule has 11 heteroatoms. The number of carbonyl (C=O) groups is 4. The summed E-state index contributed by atoms with van der Waals surface area (Å²) < 4.78 is 41.4. The minimum Gasteiger partial charge on any atom is -0.459 e. The molecule has 2 aliphatic heterocycles. The number of carbonyl (C=O) groups excluding carboxylic acids is 4. The second kappa shape index (κ2) is 17.0. The van der Waals surface area contributed by atoms with Gasteiger partial charge in [0.05, 0.1) is 22.3 Å². The summed E-state index contributed by atoms with van der Waals surface area (Å²) in [6.07, 6.45) is -5.05. The molecule has 2 saturated heterocycles. The lowest BCUT2D eigenvalue weighted by Gasteiger charge is -2.20. The van der Waals surface area contributed by atoms with Crippen molar-refractivity contribution in [2.24, 2.45) is 0 Å². The van der Waals surface area contributed by atoms with Gasteiger partial charge in [-0.1, -0.05) is 70.8 Å². The fourth-order valence-electron chi connectivity index (χ4n) is 5.90. The minimum atomic E-state index is -0.943. The maximum Gasteiger partial charge on any atom is 0.338 e. The molecule has 53 heavy (non-hydrogen) atoms. The highest BCUT2D eigenvalue weighted by Gasteiger charge is 2.45. The highest BCUT2D eigenvalue weighted by atomic mass is 16.8. The molecule has 4 aromatic carbocycles. The third-order valence-corrected chi connectivity index (χ3v) is 9.06. The van der Waals surface area contributed by atoms with Gasteiger partial charge in [0.15, 0.2) is 12.6 Å². The zero-order chi connectivity index (χ0) is 37.5. The van der Waals surface area contributed by atoms with E-state index in [1.165, 1.54) is 0 Å². The Labute approximate surface area is 308 Å². The molecular weight excluding hydrogens is 680 g/mol. The molecular formula is C42H42O11. The zero-order valence-corrected chi connectivity index (χ0v) is 30.0. The maximum absolute atomic E-state index is 13.1. The van der Waals surface area contributed by atoms with Crippen molar-refractivity contribution in [3.8, 4) is 0 Å². The van der Waals surface area contributed by atoms with Crippen molar-refractivity contribution in [2.75, 3.05) is 13.2 Å². The molecule has 0 aliphatic carbocycles. The molecule has 4 aromatic rings. The van der Waals surface area contributed by atoms with Gasteiger partial charge in [-0.2, -0.15) is 0 Å². The Morgan fingerprint density at radius 3 is 1.06 bits per heavy atom. The Morgan fingerprint density at radius 1 is 0.472 bits per heavy atom. The van der Waals surface area contributed by atoms with Crippen molar-refractivity contribution in [1.82, 2.24) is 0 Å². The maximum atomic E-state index is 13.1. The van der Waals surface area contributed by atoms with Crippen LogP contribution < -0.4 is 0 Å². The van der Waals surface area contributed by atoms with Crippen LogP contribution in [-0.4, -0.2) is 74.1 Å². The van der Waals surface area contributed by atoms with E-state index < -0.39 is 60.9 Å². The van der Waals surface area contributed by atoms with Gasteiger partial charge in [0.2, 0.25) is 0 Å². The van der Waals surface area contributed by atoms with Crippen LogP contribution in [0.4, 0.5) is 0 Å². The molecule has 0 unspecified atom stereocenters. The SMILES string of the molecule is Cc1ccc(C(=O)OC[C@@H]2O[C@H](O[C@H]3C[C@@H](OC(=O)c4ccc(C)cc4)[C@@H](COC(=O)c4ccc(C)cc4)O3)C[C@@H]2OC(=O)c2ccc(C)cc2)cc1. The smallest absolute Gasteiger partial charge is 0.338 e. The monoisotopic (exact) mass is 722 g/mol. The molecule has 0 radical (unpaired) electrons. The van der Waals surface area contributed by atoms with E-state index in [1.54, 1.807) is 48.5 Å². The molecule has 11 nitrogen and oxygen atoms in total. The first-order valence-electron chi connectivity index (χ1n) is 17.5. The van der Waals surface area contributed by atoms with Crippen LogP contribution in [-0.2, 0) is 33.2 Å². The highest BCUT2D eigenvalue weighted by molar-refractivity contribution is 5.91. The van der Waals surface area contributed by atoms with Gasteiger partial charge < -0.3 is 33.2 Å². The summed E-state index contributed by atoms with van der Waals surface area (Å²) >= 11 is 0. The number of hydrogen-bond acceptors (Lipinski definition) is 11. The van der Waals surface area contributed by atoms with Crippen molar-refractivity contribution in [3.63, 3.8) is 0 Å². The number of rotatable bonds is 12. The molecule has 2 fully saturated rings. The Morgan fingerprint density at radius 2 is 0.755 bits per heavy atom. The second-order valence-electron chi connectivity index (χ2n) is 13.4. The van der Waals surface area contributed by atoms with Crippen molar-refractivity contribution < 1.29 is 52.3 Å². The molecule has 0 amide bonds. The average molecular weight is 723 g/mol. The van der Waals surface area contributed by atoms with Crippen molar-refractivity contribution in [1.29, 1.82) is 0 Å². The fourth-order valence-corrected chi connectivity index (χ4v) is 5.90. The molecule has 0 spiro atoms. The number of esters is 4. The van der Waals surface area contributed by atoms with Gasteiger partial charge in [0.1, 0.15) is 37.6 Å². The van der Waals surface area contributed by atoms with E-state index in [1.807, 2.05) is 76.2 Å². The Balaban J connectivity index is 1.13. The lowest BCUT2D eigenvalue weighted by atomic mass is 10.1. The van der Waals surface area contributed by atoms with Crippen LogP contribution in [0.5, 0.6) is 0 Å². The van der Waals surface area contributed by atoms with Crippen molar-refractivity contribution in [2.45, 2.75) is 77.5 Å². The minimum absolute atomic E-state index is 0.102. The summed E-state index contributed by atoms with van der Waals surface area (Å²) in [5.41, 5.74) is 5.42. The summed E-state index contributed by atoms with van der Waals surface area (Å²) in [5.74, 6) is -2.24. The summed E-state index contributed by atoms with van der Waals surface area (Å²) in [4.78, 5) is 51.9. The number of benzene rings is 4. The van der Waals surface area contributed by atoms with Crippen LogP contribution in [0.15, 0.2) is 97.1 Å². The van der Waals surface area contributed by atoms with E-state index in [4.69, 9.17) is 33.2 Å². The molecule has 276 valence electrons.